The number of benzene rings is 1. The Bertz CT molecular complexity index is 418. The molecule has 4 nitrogen and oxygen atoms in total. The molecule has 0 bridgehead atoms. The first-order valence-electron chi connectivity index (χ1n) is 5.23. The summed E-state index contributed by atoms with van der Waals surface area (Å²) in [7, 11) is 4.96. The summed E-state index contributed by atoms with van der Waals surface area (Å²) in [5.74, 6) is 1.09. The minimum Gasteiger partial charge on any atom is -0.493 e. The van der Waals surface area contributed by atoms with E-state index in [9.17, 15) is 4.79 Å². The second kappa shape index (κ2) is 5.91. The molecule has 0 N–H and O–H groups in total. The summed E-state index contributed by atoms with van der Waals surface area (Å²) < 4.78 is 11.4. The summed E-state index contributed by atoms with van der Waals surface area (Å²) >= 11 is 3.38. The molecule has 1 amide bonds. The average Bonchev–Trinajstić information content (AvgIpc) is 2.30. The molecular formula is C12H16BrNO3. The van der Waals surface area contributed by atoms with E-state index in [4.69, 9.17) is 9.47 Å². The molecule has 0 saturated heterocycles. The van der Waals surface area contributed by atoms with Gasteiger partial charge in [-0.3, -0.25) is 4.79 Å². The maximum absolute atomic E-state index is 11.8. The maximum Gasteiger partial charge on any atom is 0.253 e. The quantitative estimate of drug-likeness (QED) is 0.858. The van der Waals surface area contributed by atoms with Gasteiger partial charge in [-0.15, -0.1) is 0 Å². The fourth-order valence-electron chi connectivity index (χ4n) is 1.39. The summed E-state index contributed by atoms with van der Waals surface area (Å²) in [4.78, 5) is 13.4. The number of methoxy groups -OCH3 is 1. The third-order valence-corrected chi connectivity index (χ3v) is 2.76. The van der Waals surface area contributed by atoms with Crippen molar-refractivity contribution in [2.24, 2.45) is 0 Å². The molecule has 0 radical (unpaired) electrons. The fraction of sp³-hybridized carbons (Fsp3) is 0.417. The third-order valence-electron chi connectivity index (χ3n) is 2.17. The normalized spacial score (nSPS) is 9.94. The van der Waals surface area contributed by atoms with E-state index >= 15 is 0 Å². The first kappa shape index (κ1) is 13.8. The highest BCUT2D eigenvalue weighted by atomic mass is 79.9. The summed E-state index contributed by atoms with van der Waals surface area (Å²) in [5.41, 5.74) is 0.558. The van der Waals surface area contributed by atoms with Crippen molar-refractivity contribution in [2.45, 2.75) is 6.92 Å². The van der Waals surface area contributed by atoms with Gasteiger partial charge in [-0.05, 0) is 35.0 Å². The smallest absolute Gasteiger partial charge is 0.253 e. The summed E-state index contributed by atoms with van der Waals surface area (Å²) in [6.07, 6.45) is 0. The van der Waals surface area contributed by atoms with Crippen molar-refractivity contribution in [1.82, 2.24) is 4.90 Å². The van der Waals surface area contributed by atoms with Crippen molar-refractivity contribution in [3.8, 4) is 11.5 Å². The van der Waals surface area contributed by atoms with Crippen molar-refractivity contribution in [1.29, 1.82) is 0 Å². The third kappa shape index (κ3) is 3.12. The Hall–Kier alpha value is -1.23. The average molecular weight is 302 g/mol. The predicted molar refractivity (Wildman–Crippen MR) is 69.9 cm³/mol. The number of amides is 1. The Kier molecular flexibility index (Phi) is 4.81. The first-order valence-corrected chi connectivity index (χ1v) is 6.02. The number of carbonyl (C=O) groups is 1. The topological polar surface area (TPSA) is 38.8 Å². The van der Waals surface area contributed by atoms with E-state index in [1.165, 1.54) is 4.90 Å². The Morgan fingerprint density at radius 3 is 2.53 bits per heavy atom. The van der Waals surface area contributed by atoms with Crippen LogP contribution in [0.4, 0.5) is 0 Å². The summed E-state index contributed by atoms with van der Waals surface area (Å²) in [6.45, 7) is 2.43. The largest absolute Gasteiger partial charge is 0.493 e. The fourth-order valence-corrected chi connectivity index (χ4v) is 1.94. The number of hydrogen-bond acceptors (Lipinski definition) is 3. The molecule has 0 atom stereocenters. The van der Waals surface area contributed by atoms with Crippen molar-refractivity contribution in [3.05, 3.63) is 22.2 Å². The molecule has 0 fully saturated rings. The highest BCUT2D eigenvalue weighted by molar-refractivity contribution is 9.10. The lowest BCUT2D eigenvalue weighted by Crippen LogP contribution is -2.21. The molecular weight excluding hydrogens is 286 g/mol. The molecule has 94 valence electrons. The molecule has 0 aliphatic carbocycles. The van der Waals surface area contributed by atoms with Crippen LogP contribution in [-0.4, -0.2) is 38.6 Å². The van der Waals surface area contributed by atoms with Crippen LogP contribution in [0.2, 0.25) is 0 Å². The van der Waals surface area contributed by atoms with Gasteiger partial charge in [0.2, 0.25) is 0 Å². The summed E-state index contributed by atoms with van der Waals surface area (Å²) in [6, 6.07) is 3.41. The highest BCUT2D eigenvalue weighted by Gasteiger charge is 2.16. The van der Waals surface area contributed by atoms with E-state index in [1.807, 2.05) is 6.92 Å². The van der Waals surface area contributed by atoms with Crippen molar-refractivity contribution < 1.29 is 14.3 Å². The zero-order valence-electron chi connectivity index (χ0n) is 10.4. The van der Waals surface area contributed by atoms with Gasteiger partial charge >= 0.3 is 0 Å². The van der Waals surface area contributed by atoms with E-state index in [-0.39, 0.29) is 5.91 Å². The van der Waals surface area contributed by atoms with Crippen LogP contribution < -0.4 is 9.47 Å². The van der Waals surface area contributed by atoms with Gasteiger partial charge in [0.05, 0.1) is 18.2 Å². The van der Waals surface area contributed by atoms with E-state index in [2.05, 4.69) is 15.9 Å². The van der Waals surface area contributed by atoms with Crippen LogP contribution >= 0.6 is 15.9 Å². The molecule has 0 aliphatic rings. The van der Waals surface area contributed by atoms with Crippen molar-refractivity contribution in [3.63, 3.8) is 0 Å². The van der Waals surface area contributed by atoms with Crippen molar-refractivity contribution in [2.75, 3.05) is 27.8 Å². The van der Waals surface area contributed by atoms with Gasteiger partial charge in [0, 0.05) is 19.7 Å². The van der Waals surface area contributed by atoms with Crippen LogP contribution in [0.15, 0.2) is 16.6 Å². The van der Waals surface area contributed by atoms with Gasteiger partial charge in [-0.2, -0.15) is 0 Å². The van der Waals surface area contributed by atoms with Gasteiger partial charge in [-0.25, -0.2) is 0 Å². The van der Waals surface area contributed by atoms with E-state index in [0.717, 1.165) is 0 Å². The molecule has 17 heavy (non-hydrogen) atoms. The second-order valence-corrected chi connectivity index (χ2v) is 4.48. The molecule has 0 spiro atoms. The lowest BCUT2D eigenvalue weighted by molar-refractivity contribution is 0.0827. The number of halogens is 1. The number of ether oxygens (including phenoxy) is 2. The Balaban J connectivity index is 3.22. The number of carbonyl (C=O) groups excluding carboxylic acids is 1. The molecule has 1 aromatic carbocycles. The van der Waals surface area contributed by atoms with Crippen LogP contribution in [0, 0.1) is 0 Å². The van der Waals surface area contributed by atoms with Crippen molar-refractivity contribution >= 4 is 21.8 Å². The zero-order valence-corrected chi connectivity index (χ0v) is 12.0. The SMILES string of the molecule is CCOc1c(Br)cc(C(=O)N(C)C)cc1OC. The van der Waals surface area contributed by atoms with Gasteiger partial charge < -0.3 is 14.4 Å². The lowest BCUT2D eigenvalue weighted by Gasteiger charge is -2.15. The highest BCUT2D eigenvalue weighted by Crippen LogP contribution is 2.36. The molecule has 0 aliphatic heterocycles. The van der Waals surface area contributed by atoms with Gasteiger partial charge in [0.25, 0.3) is 5.91 Å². The van der Waals surface area contributed by atoms with Crippen LogP contribution in [0.1, 0.15) is 17.3 Å². The maximum atomic E-state index is 11.8. The van der Waals surface area contributed by atoms with Gasteiger partial charge in [0.1, 0.15) is 0 Å². The molecule has 5 heteroatoms. The first-order chi connectivity index (χ1) is 8.01. The molecule has 0 heterocycles. The zero-order chi connectivity index (χ0) is 13.0. The number of rotatable bonds is 4. The van der Waals surface area contributed by atoms with Crippen LogP contribution in [0.25, 0.3) is 0 Å². The van der Waals surface area contributed by atoms with Crippen LogP contribution in [-0.2, 0) is 0 Å². The van der Waals surface area contributed by atoms with E-state index < -0.39 is 0 Å². The molecule has 1 rings (SSSR count). The minimum absolute atomic E-state index is 0.0768. The Morgan fingerprint density at radius 2 is 2.06 bits per heavy atom. The van der Waals surface area contributed by atoms with Gasteiger partial charge in [-0.1, -0.05) is 0 Å². The molecule has 0 unspecified atom stereocenters. The standard InChI is InChI=1S/C12H16BrNO3/c1-5-17-11-9(13)6-8(7-10(11)16-4)12(15)14(2)3/h6-7H,5H2,1-4H3. The lowest BCUT2D eigenvalue weighted by atomic mass is 10.2. The molecule has 0 aromatic heterocycles. The minimum atomic E-state index is -0.0768. The summed E-state index contributed by atoms with van der Waals surface area (Å²) in [5, 5.41) is 0. The van der Waals surface area contributed by atoms with Crippen LogP contribution in [0.5, 0.6) is 11.5 Å². The Labute approximate surface area is 110 Å². The number of nitrogens with zero attached hydrogens (tertiary/aromatic N) is 1. The predicted octanol–water partition coefficient (Wildman–Crippen LogP) is 2.56. The monoisotopic (exact) mass is 301 g/mol. The molecule has 1 aromatic rings. The second-order valence-electron chi connectivity index (χ2n) is 3.62. The van der Waals surface area contributed by atoms with Crippen LogP contribution in [0.3, 0.4) is 0 Å². The molecule has 0 saturated carbocycles. The Morgan fingerprint density at radius 1 is 1.41 bits per heavy atom. The van der Waals surface area contributed by atoms with Gasteiger partial charge in [0.15, 0.2) is 11.5 Å². The number of hydrogen-bond donors (Lipinski definition) is 0. The van der Waals surface area contributed by atoms with E-state index in [0.29, 0.717) is 28.1 Å². The van der Waals surface area contributed by atoms with E-state index in [1.54, 1.807) is 33.3 Å².